The zero-order valence-corrected chi connectivity index (χ0v) is 14.6. The van der Waals surface area contributed by atoms with Crippen molar-refractivity contribution in [1.82, 2.24) is 4.90 Å². The highest BCUT2D eigenvalue weighted by atomic mass is 32.1. The van der Waals surface area contributed by atoms with Crippen molar-refractivity contribution in [3.63, 3.8) is 0 Å². The molecule has 0 aliphatic carbocycles. The molecule has 0 spiro atoms. The predicted octanol–water partition coefficient (Wildman–Crippen LogP) is 3.82. The lowest BCUT2D eigenvalue weighted by molar-refractivity contribution is -0.384. The lowest BCUT2D eigenvalue weighted by atomic mass is 10.2. The minimum absolute atomic E-state index is 0.0706. The van der Waals surface area contributed by atoms with Crippen molar-refractivity contribution in [2.45, 2.75) is 26.3 Å². The third kappa shape index (κ3) is 5.06. The molecule has 1 heterocycles. The standard InChI is InChI=1S/C17H21N3O3S/c1-13-9-11-24-16(13)12-19(2)17(21)4-3-10-18-14-5-7-15(8-6-14)20(22)23/h5-9,11,18H,3-4,10,12H2,1-2H3. The van der Waals surface area contributed by atoms with E-state index in [-0.39, 0.29) is 11.6 Å². The zero-order chi connectivity index (χ0) is 17.5. The van der Waals surface area contributed by atoms with Gasteiger partial charge in [-0.25, -0.2) is 0 Å². The van der Waals surface area contributed by atoms with Crippen LogP contribution < -0.4 is 5.32 Å². The average Bonchev–Trinajstić information content (AvgIpc) is 2.96. The van der Waals surface area contributed by atoms with Crippen molar-refractivity contribution in [2.24, 2.45) is 0 Å². The van der Waals surface area contributed by atoms with Crippen LogP contribution in [0.3, 0.4) is 0 Å². The van der Waals surface area contributed by atoms with Gasteiger partial charge in [0.2, 0.25) is 5.91 Å². The van der Waals surface area contributed by atoms with Crippen molar-refractivity contribution in [3.05, 3.63) is 56.3 Å². The van der Waals surface area contributed by atoms with E-state index in [0.29, 0.717) is 25.9 Å². The molecule has 0 atom stereocenters. The zero-order valence-electron chi connectivity index (χ0n) is 13.8. The fourth-order valence-corrected chi connectivity index (χ4v) is 3.19. The first-order chi connectivity index (χ1) is 11.5. The Morgan fingerprint density at radius 3 is 2.58 bits per heavy atom. The number of rotatable bonds is 8. The fourth-order valence-electron chi connectivity index (χ4n) is 2.23. The maximum atomic E-state index is 12.1. The smallest absolute Gasteiger partial charge is 0.269 e. The first-order valence-corrected chi connectivity index (χ1v) is 8.60. The van der Waals surface area contributed by atoms with Gasteiger partial charge in [-0.1, -0.05) is 0 Å². The van der Waals surface area contributed by atoms with Crippen LogP contribution >= 0.6 is 11.3 Å². The summed E-state index contributed by atoms with van der Waals surface area (Å²) < 4.78 is 0. The van der Waals surface area contributed by atoms with Gasteiger partial charge in [-0.2, -0.15) is 0 Å². The number of nitro benzene ring substituents is 1. The number of carbonyl (C=O) groups excluding carboxylic acids is 1. The Balaban J connectivity index is 1.70. The second-order valence-corrected chi connectivity index (χ2v) is 6.61. The molecule has 1 N–H and O–H groups in total. The number of hydrogen-bond acceptors (Lipinski definition) is 5. The molecule has 0 aliphatic rings. The number of carbonyl (C=O) groups is 1. The topological polar surface area (TPSA) is 75.5 Å². The lowest BCUT2D eigenvalue weighted by Crippen LogP contribution is -2.26. The number of nitrogens with zero attached hydrogens (tertiary/aromatic N) is 2. The molecular weight excluding hydrogens is 326 g/mol. The highest BCUT2D eigenvalue weighted by Crippen LogP contribution is 2.18. The van der Waals surface area contributed by atoms with Gasteiger partial charge in [0.1, 0.15) is 0 Å². The minimum Gasteiger partial charge on any atom is -0.385 e. The van der Waals surface area contributed by atoms with E-state index in [4.69, 9.17) is 0 Å². The third-order valence-electron chi connectivity index (χ3n) is 3.75. The number of anilines is 1. The first kappa shape index (κ1) is 17.9. The molecule has 0 bridgehead atoms. The van der Waals surface area contributed by atoms with Gasteiger partial charge in [0.25, 0.3) is 5.69 Å². The van der Waals surface area contributed by atoms with Crippen LogP contribution in [0, 0.1) is 17.0 Å². The SMILES string of the molecule is Cc1ccsc1CN(C)C(=O)CCCNc1ccc([N+](=O)[O-])cc1. The highest BCUT2D eigenvalue weighted by molar-refractivity contribution is 7.10. The predicted molar refractivity (Wildman–Crippen MR) is 96.4 cm³/mol. The average molecular weight is 347 g/mol. The maximum absolute atomic E-state index is 12.1. The Hall–Kier alpha value is -2.41. The molecular formula is C17H21N3O3S. The number of hydrogen-bond donors (Lipinski definition) is 1. The Morgan fingerprint density at radius 2 is 2.00 bits per heavy atom. The Morgan fingerprint density at radius 1 is 1.29 bits per heavy atom. The molecule has 0 saturated heterocycles. The summed E-state index contributed by atoms with van der Waals surface area (Å²) >= 11 is 1.67. The van der Waals surface area contributed by atoms with Crippen LogP contribution in [0.5, 0.6) is 0 Å². The molecule has 6 nitrogen and oxygen atoms in total. The molecule has 0 unspecified atom stereocenters. The molecule has 0 aliphatic heterocycles. The second kappa shape index (κ2) is 8.44. The van der Waals surface area contributed by atoms with Gasteiger partial charge in [-0.3, -0.25) is 14.9 Å². The van der Waals surface area contributed by atoms with Crippen molar-refractivity contribution in [2.75, 3.05) is 18.9 Å². The van der Waals surface area contributed by atoms with Gasteiger partial charge in [0, 0.05) is 42.7 Å². The van der Waals surface area contributed by atoms with Crippen molar-refractivity contribution < 1.29 is 9.72 Å². The number of aryl methyl sites for hydroxylation is 1. The van der Waals surface area contributed by atoms with Crippen LogP contribution in [-0.2, 0) is 11.3 Å². The third-order valence-corrected chi connectivity index (χ3v) is 4.76. The van der Waals surface area contributed by atoms with E-state index in [1.165, 1.54) is 22.6 Å². The van der Waals surface area contributed by atoms with E-state index < -0.39 is 4.92 Å². The lowest BCUT2D eigenvalue weighted by Gasteiger charge is -2.17. The molecule has 2 aromatic rings. The summed E-state index contributed by atoms with van der Waals surface area (Å²) in [6, 6.07) is 8.33. The second-order valence-electron chi connectivity index (χ2n) is 5.61. The monoisotopic (exact) mass is 347 g/mol. The molecule has 0 radical (unpaired) electrons. The van der Waals surface area contributed by atoms with Gasteiger partial charge < -0.3 is 10.2 Å². The van der Waals surface area contributed by atoms with E-state index in [0.717, 1.165) is 5.69 Å². The largest absolute Gasteiger partial charge is 0.385 e. The van der Waals surface area contributed by atoms with Crippen molar-refractivity contribution in [1.29, 1.82) is 0 Å². The molecule has 7 heteroatoms. The summed E-state index contributed by atoms with van der Waals surface area (Å²) in [4.78, 5) is 25.3. The number of amides is 1. The summed E-state index contributed by atoms with van der Waals surface area (Å²) in [6.45, 7) is 3.35. The molecule has 1 aromatic heterocycles. The minimum atomic E-state index is -0.423. The van der Waals surface area contributed by atoms with Gasteiger partial charge in [-0.05, 0) is 42.5 Å². The van der Waals surface area contributed by atoms with Gasteiger partial charge in [0.15, 0.2) is 0 Å². The molecule has 1 aromatic carbocycles. The summed E-state index contributed by atoms with van der Waals surface area (Å²) in [6.07, 6.45) is 1.19. The van der Waals surface area contributed by atoms with E-state index in [9.17, 15) is 14.9 Å². The first-order valence-electron chi connectivity index (χ1n) is 7.72. The maximum Gasteiger partial charge on any atom is 0.269 e. The summed E-state index contributed by atoms with van der Waals surface area (Å²) in [5.41, 5.74) is 2.11. The molecule has 2 rings (SSSR count). The number of benzene rings is 1. The van der Waals surface area contributed by atoms with Crippen molar-refractivity contribution >= 4 is 28.6 Å². The Kier molecular flexibility index (Phi) is 6.31. The molecule has 1 amide bonds. The van der Waals surface area contributed by atoms with Crippen LogP contribution in [-0.4, -0.2) is 29.3 Å². The molecule has 24 heavy (non-hydrogen) atoms. The highest BCUT2D eigenvalue weighted by Gasteiger charge is 2.11. The fraction of sp³-hybridized carbons (Fsp3) is 0.353. The van der Waals surface area contributed by atoms with E-state index in [1.807, 2.05) is 12.4 Å². The molecule has 128 valence electrons. The van der Waals surface area contributed by atoms with Crippen LogP contribution in [0.1, 0.15) is 23.3 Å². The summed E-state index contributed by atoms with van der Waals surface area (Å²) in [5.74, 6) is 0.119. The quantitative estimate of drug-likeness (QED) is 0.447. The van der Waals surface area contributed by atoms with Crippen LogP contribution in [0.25, 0.3) is 0 Å². The number of nitrogens with one attached hydrogen (secondary N) is 1. The molecule has 0 fully saturated rings. The number of non-ortho nitro benzene ring substituents is 1. The van der Waals surface area contributed by atoms with E-state index in [1.54, 1.807) is 28.4 Å². The van der Waals surface area contributed by atoms with Crippen molar-refractivity contribution in [3.8, 4) is 0 Å². The molecule has 0 saturated carbocycles. The van der Waals surface area contributed by atoms with Gasteiger partial charge in [0.05, 0.1) is 11.5 Å². The van der Waals surface area contributed by atoms with E-state index >= 15 is 0 Å². The van der Waals surface area contributed by atoms with Gasteiger partial charge >= 0.3 is 0 Å². The Bertz CT molecular complexity index is 697. The number of nitro groups is 1. The Labute approximate surface area is 145 Å². The van der Waals surface area contributed by atoms with E-state index in [2.05, 4.69) is 18.3 Å². The number of thiophene rings is 1. The van der Waals surface area contributed by atoms with Crippen LogP contribution in [0.15, 0.2) is 35.7 Å². The summed E-state index contributed by atoms with van der Waals surface area (Å²) in [7, 11) is 1.82. The van der Waals surface area contributed by atoms with Crippen LogP contribution in [0.4, 0.5) is 11.4 Å². The van der Waals surface area contributed by atoms with Crippen LogP contribution in [0.2, 0.25) is 0 Å². The van der Waals surface area contributed by atoms with Gasteiger partial charge in [-0.15, -0.1) is 11.3 Å². The summed E-state index contributed by atoms with van der Waals surface area (Å²) in [5, 5.41) is 15.8. The normalized spacial score (nSPS) is 10.4.